The molecule has 0 aliphatic rings. The summed E-state index contributed by atoms with van der Waals surface area (Å²) < 4.78 is 1.99. The molecular formula is C12H20N2O2. The van der Waals surface area contributed by atoms with Gasteiger partial charge in [-0.2, -0.15) is 5.10 Å². The normalized spacial score (nSPS) is 11.8. The summed E-state index contributed by atoms with van der Waals surface area (Å²) in [6, 6.07) is 0. The SMILES string of the molecule is CCc1c(CCC(=O)O)cnn1C(C)(C)C. The van der Waals surface area contributed by atoms with Crippen LogP contribution < -0.4 is 0 Å². The summed E-state index contributed by atoms with van der Waals surface area (Å²) in [6.45, 7) is 8.37. The number of aromatic nitrogens is 2. The van der Waals surface area contributed by atoms with Crippen molar-refractivity contribution in [2.24, 2.45) is 0 Å². The maximum absolute atomic E-state index is 10.5. The second-order valence-corrected chi connectivity index (χ2v) is 4.95. The van der Waals surface area contributed by atoms with Gasteiger partial charge < -0.3 is 5.11 Å². The number of nitrogens with zero attached hydrogens (tertiary/aromatic N) is 2. The van der Waals surface area contributed by atoms with E-state index in [-0.39, 0.29) is 12.0 Å². The predicted octanol–water partition coefficient (Wildman–Crippen LogP) is 2.22. The van der Waals surface area contributed by atoms with Crippen LogP contribution in [0, 0.1) is 0 Å². The molecule has 4 nitrogen and oxygen atoms in total. The highest BCUT2D eigenvalue weighted by Gasteiger charge is 2.19. The van der Waals surface area contributed by atoms with E-state index in [4.69, 9.17) is 5.11 Å². The van der Waals surface area contributed by atoms with E-state index in [1.54, 1.807) is 6.20 Å². The molecule has 1 aromatic heterocycles. The fraction of sp³-hybridized carbons (Fsp3) is 0.667. The quantitative estimate of drug-likeness (QED) is 0.853. The van der Waals surface area contributed by atoms with Gasteiger partial charge in [-0.15, -0.1) is 0 Å². The third-order valence-electron chi connectivity index (χ3n) is 2.53. The molecule has 0 atom stereocenters. The van der Waals surface area contributed by atoms with Crippen molar-refractivity contribution in [3.05, 3.63) is 17.5 Å². The first-order valence-electron chi connectivity index (χ1n) is 5.64. The van der Waals surface area contributed by atoms with Crippen LogP contribution in [0.1, 0.15) is 45.4 Å². The van der Waals surface area contributed by atoms with Gasteiger partial charge in [-0.1, -0.05) is 6.92 Å². The summed E-state index contributed by atoms with van der Waals surface area (Å²) in [7, 11) is 0. The summed E-state index contributed by atoms with van der Waals surface area (Å²) >= 11 is 0. The van der Waals surface area contributed by atoms with Crippen molar-refractivity contribution in [1.29, 1.82) is 0 Å². The zero-order valence-corrected chi connectivity index (χ0v) is 10.4. The van der Waals surface area contributed by atoms with Gasteiger partial charge in [0.1, 0.15) is 0 Å². The van der Waals surface area contributed by atoms with Gasteiger partial charge in [0, 0.05) is 12.1 Å². The molecule has 0 bridgehead atoms. The van der Waals surface area contributed by atoms with Gasteiger partial charge in [0.05, 0.1) is 11.7 Å². The van der Waals surface area contributed by atoms with Crippen LogP contribution in [0.25, 0.3) is 0 Å². The molecular weight excluding hydrogens is 204 g/mol. The van der Waals surface area contributed by atoms with Crippen LogP contribution in [0.2, 0.25) is 0 Å². The topological polar surface area (TPSA) is 55.1 Å². The predicted molar refractivity (Wildman–Crippen MR) is 62.6 cm³/mol. The molecule has 1 N–H and O–H groups in total. The molecule has 0 spiro atoms. The first-order valence-corrected chi connectivity index (χ1v) is 5.64. The van der Waals surface area contributed by atoms with Crippen LogP contribution in [0.5, 0.6) is 0 Å². The molecule has 0 saturated carbocycles. The lowest BCUT2D eigenvalue weighted by atomic mass is 10.1. The van der Waals surface area contributed by atoms with E-state index in [2.05, 4.69) is 32.8 Å². The van der Waals surface area contributed by atoms with Gasteiger partial charge >= 0.3 is 5.97 Å². The van der Waals surface area contributed by atoms with E-state index in [9.17, 15) is 4.79 Å². The molecule has 0 amide bonds. The fourth-order valence-electron chi connectivity index (χ4n) is 1.81. The zero-order chi connectivity index (χ0) is 12.3. The fourth-order valence-corrected chi connectivity index (χ4v) is 1.81. The molecule has 0 unspecified atom stereocenters. The molecule has 0 aliphatic carbocycles. The molecule has 16 heavy (non-hydrogen) atoms. The van der Waals surface area contributed by atoms with Crippen molar-refractivity contribution in [2.75, 3.05) is 0 Å². The number of carboxylic acids is 1. The number of carbonyl (C=O) groups is 1. The van der Waals surface area contributed by atoms with Crippen molar-refractivity contribution in [1.82, 2.24) is 9.78 Å². The highest BCUT2D eigenvalue weighted by atomic mass is 16.4. The summed E-state index contributed by atoms with van der Waals surface area (Å²) in [5.41, 5.74) is 2.15. The number of carboxylic acid groups (broad SMARTS) is 1. The molecule has 1 aromatic rings. The van der Waals surface area contributed by atoms with Crippen molar-refractivity contribution in [3.8, 4) is 0 Å². The van der Waals surface area contributed by atoms with Crippen molar-refractivity contribution >= 4 is 5.97 Å². The van der Waals surface area contributed by atoms with Crippen LogP contribution in [0.15, 0.2) is 6.20 Å². The lowest BCUT2D eigenvalue weighted by Crippen LogP contribution is -2.25. The molecule has 0 aromatic carbocycles. The van der Waals surface area contributed by atoms with E-state index in [1.807, 2.05) is 4.68 Å². The Kier molecular flexibility index (Phi) is 3.73. The Morgan fingerprint density at radius 2 is 2.12 bits per heavy atom. The lowest BCUT2D eigenvalue weighted by Gasteiger charge is -2.22. The minimum atomic E-state index is -0.759. The maximum atomic E-state index is 10.5. The number of hydrogen-bond donors (Lipinski definition) is 1. The Balaban J connectivity index is 2.95. The molecule has 4 heteroatoms. The Bertz CT molecular complexity index is 375. The molecule has 1 heterocycles. The van der Waals surface area contributed by atoms with E-state index in [0.29, 0.717) is 6.42 Å². The molecule has 0 saturated heterocycles. The zero-order valence-electron chi connectivity index (χ0n) is 10.4. The Hall–Kier alpha value is -1.32. The Morgan fingerprint density at radius 1 is 1.50 bits per heavy atom. The Labute approximate surface area is 96.3 Å². The van der Waals surface area contributed by atoms with Crippen LogP contribution in [-0.4, -0.2) is 20.9 Å². The summed E-state index contributed by atoms with van der Waals surface area (Å²) in [5, 5.41) is 13.0. The average Bonchev–Trinajstić information content (AvgIpc) is 2.56. The van der Waals surface area contributed by atoms with Crippen molar-refractivity contribution in [3.63, 3.8) is 0 Å². The van der Waals surface area contributed by atoms with E-state index < -0.39 is 5.97 Å². The number of hydrogen-bond acceptors (Lipinski definition) is 2. The van der Waals surface area contributed by atoms with Gasteiger partial charge in [0.25, 0.3) is 0 Å². The van der Waals surface area contributed by atoms with E-state index >= 15 is 0 Å². The first-order chi connectivity index (χ1) is 7.36. The van der Waals surface area contributed by atoms with Gasteiger partial charge in [-0.05, 0) is 39.2 Å². The summed E-state index contributed by atoms with van der Waals surface area (Å²) in [4.78, 5) is 10.5. The van der Waals surface area contributed by atoms with Gasteiger partial charge in [0.2, 0.25) is 0 Å². The summed E-state index contributed by atoms with van der Waals surface area (Å²) in [5.74, 6) is -0.759. The minimum Gasteiger partial charge on any atom is -0.481 e. The third-order valence-corrected chi connectivity index (χ3v) is 2.53. The van der Waals surface area contributed by atoms with Crippen molar-refractivity contribution in [2.45, 2.75) is 52.5 Å². The highest BCUT2D eigenvalue weighted by molar-refractivity contribution is 5.67. The molecule has 1 rings (SSSR count). The van der Waals surface area contributed by atoms with E-state index in [1.165, 1.54) is 0 Å². The molecule has 0 radical (unpaired) electrons. The van der Waals surface area contributed by atoms with Gasteiger partial charge in [-0.25, -0.2) is 0 Å². The van der Waals surface area contributed by atoms with Gasteiger partial charge in [0.15, 0.2) is 0 Å². The number of rotatable bonds is 4. The van der Waals surface area contributed by atoms with Crippen LogP contribution in [0.4, 0.5) is 0 Å². The van der Waals surface area contributed by atoms with Crippen LogP contribution in [0.3, 0.4) is 0 Å². The maximum Gasteiger partial charge on any atom is 0.303 e. The van der Waals surface area contributed by atoms with Gasteiger partial charge in [-0.3, -0.25) is 9.48 Å². The number of aryl methyl sites for hydroxylation is 1. The molecule has 90 valence electrons. The third kappa shape index (κ3) is 2.84. The Morgan fingerprint density at radius 3 is 2.56 bits per heavy atom. The second-order valence-electron chi connectivity index (χ2n) is 4.95. The molecule has 0 aliphatic heterocycles. The highest BCUT2D eigenvalue weighted by Crippen LogP contribution is 2.20. The standard InChI is InChI=1S/C12H20N2O2/c1-5-10-9(6-7-11(15)16)8-13-14(10)12(2,3)4/h8H,5-7H2,1-4H3,(H,15,16). The van der Waals surface area contributed by atoms with E-state index in [0.717, 1.165) is 17.7 Å². The first kappa shape index (κ1) is 12.7. The number of aliphatic carboxylic acids is 1. The van der Waals surface area contributed by atoms with Crippen molar-refractivity contribution < 1.29 is 9.90 Å². The summed E-state index contributed by atoms with van der Waals surface area (Å²) in [6.07, 6.45) is 3.41. The smallest absolute Gasteiger partial charge is 0.303 e. The minimum absolute atomic E-state index is 0.0488. The lowest BCUT2D eigenvalue weighted by molar-refractivity contribution is -0.136. The van der Waals surface area contributed by atoms with Crippen LogP contribution in [-0.2, 0) is 23.2 Å². The van der Waals surface area contributed by atoms with Crippen LogP contribution >= 0.6 is 0 Å². The monoisotopic (exact) mass is 224 g/mol. The average molecular weight is 224 g/mol. The molecule has 0 fully saturated rings. The largest absolute Gasteiger partial charge is 0.481 e. The second kappa shape index (κ2) is 4.68.